The van der Waals surface area contributed by atoms with Crippen LogP contribution < -0.4 is 4.90 Å². The predicted octanol–water partition coefficient (Wildman–Crippen LogP) is 3.21. The highest BCUT2D eigenvalue weighted by molar-refractivity contribution is 6.36. The van der Waals surface area contributed by atoms with Crippen molar-refractivity contribution in [2.75, 3.05) is 18.0 Å². The number of benzene rings is 1. The van der Waals surface area contributed by atoms with Gasteiger partial charge in [0.2, 0.25) is 0 Å². The van der Waals surface area contributed by atoms with Crippen LogP contribution in [0.15, 0.2) is 34.8 Å². The summed E-state index contributed by atoms with van der Waals surface area (Å²) in [6.07, 6.45) is 0. The number of rotatable bonds is 5. The van der Waals surface area contributed by atoms with Crippen LogP contribution in [0.1, 0.15) is 5.56 Å². The zero-order valence-electron chi connectivity index (χ0n) is 9.36. The van der Waals surface area contributed by atoms with E-state index in [-0.39, 0.29) is 13.1 Å². The van der Waals surface area contributed by atoms with Crippen molar-refractivity contribution in [3.05, 3.63) is 40.4 Å². The van der Waals surface area contributed by atoms with Gasteiger partial charge in [0.05, 0.1) is 6.54 Å². The van der Waals surface area contributed by atoms with Crippen LogP contribution in [0.25, 0.3) is 0 Å². The second kappa shape index (κ2) is 6.52. The molecule has 0 unspecified atom stereocenters. The SMILES string of the molecule is Cc1ccc(N(CC(=O)O)CC(Cl)=CCl)cc1. The van der Waals surface area contributed by atoms with Crippen molar-refractivity contribution in [2.24, 2.45) is 0 Å². The Morgan fingerprint density at radius 1 is 1.35 bits per heavy atom. The van der Waals surface area contributed by atoms with Crippen molar-refractivity contribution in [2.45, 2.75) is 6.92 Å². The summed E-state index contributed by atoms with van der Waals surface area (Å²) < 4.78 is 0. The highest BCUT2D eigenvalue weighted by Crippen LogP contribution is 2.17. The van der Waals surface area contributed by atoms with E-state index in [2.05, 4.69) is 0 Å². The van der Waals surface area contributed by atoms with Crippen LogP contribution in [0.2, 0.25) is 0 Å². The third-order valence-electron chi connectivity index (χ3n) is 2.19. The lowest BCUT2D eigenvalue weighted by Crippen LogP contribution is -2.30. The quantitative estimate of drug-likeness (QED) is 0.896. The van der Waals surface area contributed by atoms with Crippen molar-refractivity contribution in [1.82, 2.24) is 0 Å². The lowest BCUT2D eigenvalue weighted by Gasteiger charge is -2.22. The average molecular weight is 274 g/mol. The molecule has 0 heterocycles. The Balaban J connectivity index is 2.89. The maximum atomic E-state index is 10.8. The van der Waals surface area contributed by atoms with Gasteiger partial charge in [-0.15, -0.1) is 0 Å². The third kappa shape index (κ3) is 4.67. The lowest BCUT2D eigenvalue weighted by molar-refractivity contribution is -0.135. The van der Waals surface area contributed by atoms with E-state index in [1.54, 1.807) is 4.90 Å². The first-order valence-electron chi connectivity index (χ1n) is 5.01. The minimum atomic E-state index is -0.912. The maximum absolute atomic E-state index is 10.8. The molecule has 5 heteroatoms. The van der Waals surface area contributed by atoms with Crippen LogP contribution >= 0.6 is 23.2 Å². The molecule has 1 N–H and O–H groups in total. The van der Waals surface area contributed by atoms with Gasteiger partial charge in [-0.25, -0.2) is 0 Å². The van der Waals surface area contributed by atoms with Gasteiger partial charge in [0.25, 0.3) is 0 Å². The average Bonchev–Trinajstić information content (AvgIpc) is 2.28. The van der Waals surface area contributed by atoms with Gasteiger partial charge in [0, 0.05) is 16.3 Å². The molecule has 3 nitrogen and oxygen atoms in total. The zero-order chi connectivity index (χ0) is 12.8. The molecular weight excluding hydrogens is 261 g/mol. The molecule has 0 radical (unpaired) electrons. The molecule has 92 valence electrons. The first-order valence-corrected chi connectivity index (χ1v) is 5.82. The van der Waals surface area contributed by atoms with Crippen LogP contribution in [-0.2, 0) is 4.79 Å². The van der Waals surface area contributed by atoms with Gasteiger partial charge < -0.3 is 10.0 Å². The molecule has 0 aliphatic heterocycles. The number of anilines is 1. The Bertz CT molecular complexity index is 415. The zero-order valence-corrected chi connectivity index (χ0v) is 10.9. The number of nitrogens with zero attached hydrogens (tertiary/aromatic N) is 1. The molecule has 0 bridgehead atoms. The first kappa shape index (κ1) is 13.9. The molecule has 0 aliphatic carbocycles. The van der Waals surface area contributed by atoms with E-state index in [0.29, 0.717) is 5.03 Å². The third-order valence-corrected chi connectivity index (χ3v) is 2.79. The molecule has 1 rings (SSSR count). The van der Waals surface area contributed by atoms with Gasteiger partial charge in [-0.05, 0) is 19.1 Å². The van der Waals surface area contributed by atoms with Crippen LogP contribution in [0.4, 0.5) is 5.69 Å². The molecule has 0 aliphatic rings. The molecule has 0 amide bonds. The minimum Gasteiger partial charge on any atom is -0.480 e. The summed E-state index contributed by atoms with van der Waals surface area (Å²) in [7, 11) is 0. The second-order valence-electron chi connectivity index (χ2n) is 3.64. The second-order valence-corrected chi connectivity index (χ2v) is 4.35. The maximum Gasteiger partial charge on any atom is 0.323 e. The standard InChI is InChI=1S/C12H13Cl2NO2/c1-9-2-4-11(5-3-9)15(8-12(16)17)7-10(14)6-13/h2-6H,7-8H2,1H3,(H,16,17). The van der Waals surface area contributed by atoms with Crippen molar-refractivity contribution in [1.29, 1.82) is 0 Å². The number of hydrogen-bond acceptors (Lipinski definition) is 2. The minimum absolute atomic E-state index is 0.121. The number of carboxylic acids is 1. The Morgan fingerprint density at radius 3 is 2.41 bits per heavy atom. The Labute approximate surface area is 110 Å². The van der Waals surface area contributed by atoms with Gasteiger partial charge in [-0.3, -0.25) is 4.79 Å². The Morgan fingerprint density at radius 2 is 1.94 bits per heavy atom. The number of aliphatic carboxylic acids is 1. The van der Waals surface area contributed by atoms with Gasteiger partial charge in [-0.2, -0.15) is 0 Å². The van der Waals surface area contributed by atoms with Crippen molar-refractivity contribution >= 4 is 34.9 Å². The molecule has 0 aromatic heterocycles. The summed E-state index contributed by atoms with van der Waals surface area (Å²) in [6, 6.07) is 7.55. The van der Waals surface area contributed by atoms with E-state index in [1.165, 1.54) is 5.54 Å². The number of carboxylic acid groups (broad SMARTS) is 1. The van der Waals surface area contributed by atoms with Crippen molar-refractivity contribution < 1.29 is 9.90 Å². The first-order chi connectivity index (χ1) is 8.02. The number of hydrogen-bond donors (Lipinski definition) is 1. The largest absolute Gasteiger partial charge is 0.480 e. The van der Waals surface area contributed by atoms with Crippen LogP contribution in [0.5, 0.6) is 0 Å². The molecule has 1 aromatic rings. The van der Waals surface area contributed by atoms with Crippen molar-refractivity contribution in [3.8, 4) is 0 Å². The fraction of sp³-hybridized carbons (Fsp3) is 0.250. The molecule has 17 heavy (non-hydrogen) atoms. The Kier molecular flexibility index (Phi) is 5.32. The number of halogens is 2. The van der Waals surface area contributed by atoms with Crippen LogP contribution in [0.3, 0.4) is 0 Å². The molecule has 0 saturated heterocycles. The summed E-state index contributed by atoms with van der Waals surface area (Å²) in [6.45, 7) is 2.13. The van der Waals surface area contributed by atoms with Gasteiger partial charge in [0.15, 0.2) is 0 Å². The monoisotopic (exact) mass is 273 g/mol. The number of aryl methyl sites for hydroxylation is 1. The van der Waals surface area contributed by atoms with E-state index >= 15 is 0 Å². The van der Waals surface area contributed by atoms with Gasteiger partial charge in [-0.1, -0.05) is 40.9 Å². The topological polar surface area (TPSA) is 40.5 Å². The lowest BCUT2D eigenvalue weighted by atomic mass is 10.2. The highest BCUT2D eigenvalue weighted by atomic mass is 35.5. The van der Waals surface area contributed by atoms with E-state index in [1.807, 2.05) is 31.2 Å². The van der Waals surface area contributed by atoms with Crippen LogP contribution in [0, 0.1) is 6.92 Å². The van der Waals surface area contributed by atoms with Gasteiger partial charge >= 0.3 is 5.97 Å². The van der Waals surface area contributed by atoms with E-state index in [9.17, 15) is 4.79 Å². The molecule has 0 atom stereocenters. The smallest absolute Gasteiger partial charge is 0.323 e. The molecular formula is C12H13Cl2NO2. The van der Waals surface area contributed by atoms with Crippen LogP contribution in [-0.4, -0.2) is 24.2 Å². The van der Waals surface area contributed by atoms with E-state index in [0.717, 1.165) is 11.3 Å². The predicted molar refractivity (Wildman–Crippen MR) is 70.8 cm³/mol. The molecule has 0 saturated carbocycles. The van der Waals surface area contributed by atoms with Crippen molar-refractivity contribution in [3.63, 3.8) is 0 Å². The van der Waals surface area contributed by atoms with Gasteiger partial charge in [0.1, 0.15) is 6.54 Å². The molecule has 1 aromatic carbocycles. The number of carbonyl (C=O) groups is 1. The summed E-state index contributed by atoms with van der Waals surface area (Å²) in [5.41, 5.74) is 3.16. The normalized spacial score (nSPS) is 11.4. The fourth-order valence-corrected chi connectivity index (χ4v) is 1.59. The molecule has 0 fully saturated rings. The van der Waals surface area contributed by atoms with E-state index in [4.69, 9.17) is 28.3 Å². The summed E-state index contributed by atoms with van der Waals surface area (Å²) in [5, 5.41) is 9.24. The Hall–Kier alpha value is -1.19. The summed E-state index contributed by atoms with van der Waals surface area (Å²) >= 11 is 11.3. The highest BCUT2D eigenvalue weighted by Gasteiger charge is 2.11. The summed E-state index contributed by atoms with van der Waals surface area (Å²) in [5.74, 6) is -0.912. The summed E-state index contributed by atoms with van der Waals surface area (Å²) in [4.78, 5) is 12.4. The molecule has 0 spiro atoms. The fourth-order valence-electron chi connectivity index (χ4n) is 1.37. The van der Waals surface area contributed by atoms with E-state index < -0.39 is 5.97 Å².